The van der Waals surface area contributed by atoms with Crippen molar-refractivity contribution in [1.82, 2.24) is 14.8 Å². The maximum Gasteiger partial charge on any atom is 0.341 e. The Bertz CT molecular complexity index is 669. The minimum absolute atomic E-state index is 0. The maximum atomic E-state index is 11.8. The highest BCUT2D eigenvalue weighted by Crippen LogP contribution is 2.17. The summed E-state index contributed by atoms with van der Waals surface area (Å²) in [5, 5.41) is 4.09. The van der Waals surface area contributed by atoms with Crippen LogP contribution in [0.4, 0.5) is 0 Å². The molecule has 2 heterocycles. The Balaban J connectivity index is 0.00000220. The molecule has 0 N–H and O–H groups in total. The Hall–Kier alpha value is -2.50. The van der Waals surface area contributed by atoms with Crippen molar-refractivity contribution in [2.24, 2.45) is 0 Å². The molecule has 21 heavy (non-hydrogen) atoms. The van der Waals surface area contributed by atoms with E-state index < -0.39 is 5.97 Å². The second kappa shape index (κ2) is 6.30. The average molecular weight is 289 g/mol. The third kappa shape index (κ3) is 3.16. The van der Waals surface area contributed by atoms with Crippen LogP contribution in [-0.4, -0.2) is 33.6 Å². The lowest BCUT2D eigenvalue weighted by Gasteiger charge is -2.07. The van der Waals surface area contributed by atoms with Crippen molar-refractivity contribution in [2.45, 2.75) is 28.2 Å². The molecule has 0 bridgehead atoms. The van der Waals surface area contributed by atoms with Crippen molar-refractivity contribution in [3.05, 3.63) is 40.8 Å². The molecule has 0 aliphatic heterocycles. The van der Waals surface area contributed by atoms with Crippen LogP contribution in [-0.2, 0) is 4.74 Å². The molecule has 2 rings (SSSR count). The molecule has 6 heteroatoms. The van der Waals surface area contributed by atoms with Crippen molar-refractivity contribution in [3.63, 3.8) is 0 Å². The summed E-state index contributed by atoms with van der Waals surface area (Å²) in [6.45, 7) is 5.16. The molecule has 0 atom stereocenters. The molecule has 0 spiro atoms. The number of pyridine rings is 1. The number of hydrogen-bond donors (Lipinski definition) is 0. The molecule has 0 saturated heterocycles. The minimum Gasteiger partial charge on any atom is -0.465 e. The fraction of sp³-hybridized carbons (Fsp3) is 0.333. The van der Waals surface area contributed by atoms with Gasteiger partial charge in [0.15, 0.2) is 11.6 Å². The number of ether oxygens (including phenoxy) is 1. The summed E-state index contributed by atoms with van der Waals surface area (Å²) < 4.78 is 6.03. The first-order valence-corrected chi connectivity index (χ1v) is 6.07. The van der Waals surface area contributed by atoms with Crippen LogP contribution in [0.2, 0.25) is 0 Å². The Morgan fingerprint density at radius 1 is 1.24 bits per heavy atom. The number of methoxy groups -OCH3 is 1. The van der Waals surface area contributed by atoms with E-state index >= 15 is 0 Å². The number of aryl methyl sites for hydroxylation is 2. The van der Waals surface area contributed by atoms with E-state index in [0.29, 0.717) is 5.82 Å². The SMILES string of the molecule is C.COC(=O)c1cnn(-c2cc(C)cc(C)n2)c1C(C)=O. The van der Waals surface area contributed by atoms with Crippen LogP contribution in [0.3, 0.4) is 0 Å². The molecule has 0 amide bonds. The van der Waals surface area contributed by atoms with Gasteiger partial charge in [0.1, 0.15) is 11.3 Å². The van der Waals surface area contributed by atoms with Gasteiger partial charge in [0.05, 0.1) is 13.3 Å². The van der Waals surface area contributed by atoms with Gasteiger partial charge in [-0.2, -0.15) is 5.10 Å². The predicted octanol–water partition coefficient (Wildman–Crippen LogP) is 2.51. The third-order valence-corrected chi connectivity index (χ3v) is 2.81. The summed E-state index contributed by atoms with van der Waals surface area (Å²) in [6, 6.07) is 3.72. The molecular weight excluding hydrogens is 270 g/mol. The van der Waals surface area contributed by atoms with Gasteiger partial charge < -0.3 is 4.74 Å². The number of carbonyl (C=O) groups is 2. The fourth-order valence-electron chi connectivity index (χ4n) is 2.05. The second-order valence-corrected chi connectivity index (χ2v) is 4.51. The molecule has 0 saturated carbocycles. The van der Waals surface area contributed by atoms with Gasteiger partial charge >= 0.3 is 5.97 Å². The molecular formula is C15H19N3O3. The molecule has 2 aromatic heterocycles. The Morgan fingerprint density at radius 2 is 1.90 bits per heavy atom. The lowest BCUT2D eigenvalue weighted by molar-refractivity contribution is 0.0597. The molecule has 0 unspecified atom stereocenters. The van der Waals surface area contributed by atoms with Gasteiger partial charge in [-0.25, -0.2) is 14.5 Å². The van der Waals surface area contributed by atoms with E-state index in [0.717, 1.165) is 11.3 Å². The van der Waals surface area contributed by atoms with E-state index in [-0.39, 0.29) is 24.5 Å². The number of rotatable bonds is 3. The van der Waals surface area contributed by atoms with E-state index in [1.165, 1.54) is 24.9 Å². The lowest BCUT2D eigenvalue weighted by Crippen LogP contribution is -2.13. The highest BCUT2D eigenvalue weighted by Gasteiger charge is 2.22. The van der Waals surface area contributed by atoms with Gasteiger partial charge in [0, 0.05) is 12.6 Å². The van der Waals surface area contributed by atoms with Crippen molar-refractivity contribution in [3.8, 4) is 5.82 Å². The first kappa shape index (κ1) is 16.6. The topological polar surface area (TPSA) is 74.1 Å². The molecule has 0 aliphatic rings. The summed E-state index contributed by atoms with van der Waals surface area (Å²) in [6.07, 6.45) is 1.32. The third-order valence-electron chi connectivity index (χ3n) is 2.81. The van der Waals surface area contributed by atoms with Gasteiger partial charge in [0.2, 0.25) is 0 Å². The van der Waals surface area contributed by atoms with Crippen LogP contribution >= 0.6 is 0 Å². The Morgan fingerprint density at radius 3 is 2.43 bits per heavy atom. The number of Topliss-reactive ketones (excluding diaryl/α,β-unsaturated/α-hetero) is 1. The summed E-state index contributed by atoms with van der Waals surface area (Å²) in [5.41, 5.74) is 2.12. The van der Waals surface area contributed by atoms with Gasteiger partial charge in [0.25, 0.3) is 0 Å². The fourth-order valence-corrected chi connectivity index (χ4v) is 2.05. The lowest BCUT2D eigenvalue weighted by atomic mass is 10.2. The van der Waals surface area contributed by atoms with Crippen LogP contribution in [0.1, 0.15) is 46.5 Å². The van der Waals surface area contributed by atoms with Gasteiger partial charge in [-0.1, -0.05) is 7.43 Å². The van der Waals surface area contributed by atoms with Gasteiger partial charge in [-0.15, -0.1) is 0 Å². The average Bonchev–Trinajstić information content (AvgIpc) is 2.81. The highest BCUT2D eigenvalue weighted by atomic mass is 16.5. The molecule has 0 fully saturated rings. The van der Waals surface area contributed by atoms with Crippen LogP contribution in [0.25, 0.3) is 5.82 Å². The number of carbonyl (C=O) groups excluding carboxylic acids is 2. The van der Waals surface area contributed by atoms with Crippen molar-refractivity contribution < 1.29 is 14.3 Å². The molecule has 0 aromatic carbocycles. The number of aromatic nitrogens is 3. The highest BCUT2D eigenvalue weighted by molar-refractivity contribution is 6.04. The Labute approximate surface area is 123 Å². The van der Waals surface area contributed by atoms with E-state index in [1.54, 1.807) is 6.07 Å². The molecule has 0 aliphatic carbocycles. The number of ketones is 1. The minimum atomic E-state index is -0.592. The molecule has 6 nitrogen and oxygen atoms in total. The zero-order valence-electron chi connectivity index (χ0n) is 11.8. The zero-order valence-corrected chi connectivity index (χ0v) is 11.8. The van der Waals surface area contributed by atoms with E-state index in [1.807, 2.05) is 19.9 Å². The van der Waals surface area contributed by atoms with Crippen LogP contribution < -0.4 is 0 Å². The van der Waals surface area contributed by atoms with Gasteiger partial charge in [-0.3, -0.25) is 4.79 Å². The summed E-state index contributed by atoms with van der Waals surface area (Å²) in [7, 11) is 1.26. The van der Waals surface area contributed by atoms with E-state index in [9.17, 15) is 9.59 Å². The number of hydrogen-bond acceptors (Lipinski definition) is 5. The quantitative estimate of drug-likeness (QED) is 0.641. The normalized spacial score (nSPS) is 9.90. The molecule has 0 radical (unpaired) electrons. The Kier molecular flexibility index (Phi) is 4.97. The first-order chi connectivity index (χ1) is 9.43. The summed E-state index contributed by atoms with van der Waals surface area (Å²) >= 11 is 0. The molecule has 2 aromatic rings. The smallest absolute Gasteiger partial charge is 0.341 e. The largest absolute Gasteiger partial charge is 0.465 e. The summed E-state index contributed by atoms with van der Waals surface area (Å²) in [5.74, 6) is -0.363. The van der Waals surface area contributed by atoms with Crippen molar-refractivity contribution in [1.29, 1.82) is 0 Å². The monoisotopic (exact) mass is 289 g/mol. The van der Waals surface area contributed by atoms with Crippen LogP contribution in [0, 0.1) is 13.8 Å². The standard InChI is InChI=1S/C14H15N3O3.CH4/c1-8-5-9(2)16-12(6-8)17-13(10(3)18)11(7-15-17)14(19)20-4;/h5-7H,1-4H3;1H4. The van der Waals surface area contributed by atoms with E-state index in [4.69, 9.17) is 0 Å². The zero-order chi connectivity index (χ0) is 14.9. The second-order valence-electron chi connectivity index (χ2n) is 4.51. The summed E-state index contributed by atoms with van der Waals surface area (Å²) in [4.78, 5) is 27.8. The van der Waals surface area contributed by atoms with Gasteiger partial charge in [-0.05, 0) is 31.5 Å². The maximum absolute atomic E-state index is 11.8. The number of esters is 1. The molecule has 112 valence electrons. The van der Waals surface area contributed by atoms with Crippen molar-refractivity contribution >= 4 is 11.8 Å². The first-order valence-electron chi connectivity index (χ1n) is 6.07. The van der Waals surface area contributed by atoms with Crippen LogP contribution in [0.15, 0.2) is 18.3 Å². The number of nitrogens with zero attached hydrogens (tertiary/aromatic N) is 3. The predicted molar refractivity (Wildman–Crippen MR) is 78.9 cm³/mol. The van der Waals surface area contributed by atoms with E-state index in [2.05, 4.69) is 14.8 Å². The van der Waals surface area contributed by atoms with Crippen molar-refractivity contribution in [2.75, 3.05) is 7.11 Å². The van der Waals surface area contributed by atoms with Crippen LogP contribution in [0.5, 0.6) is 0 Å².